The molecule has 0 radical (unpaired) electrons. The highest BCUT2D eigenvalue weighted by Gasteiger charge is 2.37. The molecule has 0 amide bonds. The van der Waals surface area contributed by atoms with E-state index in [9.17, 15) is 18.4 Å². The quantitative estimate of drug-likeness (QED) is 0.169. The average molecular weight is 761 g/mol. The molecule has 0 saturated carbocycles. The standard InChI is InChI=1S/C51H35F3N4/c1-50(58(36-14-4-2-5-15-36)37-16-6-3-7-17-37)29-28-49-43(32-50)40-20-10-13-23-46(40)57(49)48-27-25-35(51(52,53)54)31-42(48)41-30-34(33-55)24-26-47(41)56-44-21-11-8-18-38(44)39-19-9-12-22-45(39)56/h2-31H,32H2,1H3. The van der Waals surface area contributed by atoms with E-state index in [1.807, 2.05) is 97.1 Å². The zero-order valence-corrected chi connectivity index (χ0v) is 31.5. The van der Waals surface area contributed by atoms with Gasteiger partial charge in [-0.05, 0) is 97.4 Å². The van der Waals surface area contributed by atoms with Crippen molar-refractivity contribution in [2.45, 2.75) is 25.1 Å². The number of fused-ring (bicyclic) bond motifs is 6. The Morgan fingerprint density at radius 1 is 0.586 bits per heavy atom. The molecule has 280 valence electrons. The lowest BCUT2D eigenvalue weighted by Gasteiger charge is -2.43. The molecular weight excluding hydrogens is 726 g/mol. The van der Waals surface area contributed by atoms with E-state index in [2.05, 4.69) is 81.6 Å². The van der Waals surface area contributed by atoms with Crippen LogP contribution in [0.1, 0.15) is 29.3 Å². The van der Waals surface area contributed by atoms with Crippen LogP contribution in [0, 0.1) is 11.3 Å². The second-order valence-corrected chi connectivity index (χ2v) is 15.0. The van der Waals surface area contributed by atoms with Crippen molar-refractivity contribution in [2.75, 3.05) is 4.90 Å². The van der Waals surface area contributed by atoms with E-state index in [1.54, 1.807) is 18.2 Å². The Hall–Kier alpha value is -7.30. The predicted octanol–water partition coefficient (Wildman–Crippen LogP) is 13.5. The topological polar surface area (TPSA) is 36.9 Å². The van der Waals surface area contributed by atoms with Crippen LogP contribution in [-0.2, 0) is 12.6 Å². The lowest BCUT2D eigenvalue weighted by Crippen LogP contribution is -2.45. The maximum absolute atomic E-state index is 14.8. The van der Waals surface area contributed by atoms with Gasteiger partial charge in [-0.3, -0.25) is 0 Å². The molecule has 2 aromatic heterocycles. The minimum absolute atomic E-state index is 0.347. The first-order valence-electron chi connectivity index (χ1n) is 19.2. The fourth-order valence-electron chi connectivity index (χ4n) is 8.99. The van der Waals surface area contributed by atoms with Gasteiger partial charge < -0.3 is 14.0 Å². The maximum atomic E-state index is 14.8. The highest BCUT2D eigenvalue weighted by atomic mass is 19.4. The SMILES string of the molecule is CC1(N(c2ccccc2)c2ccccc2)C=Cc2c(c3ccccc3n2-c2ccc(C(F)(F)F)cc2-c2cc(C#N)ccc2-n2c3ccccc3c3ccccc32)C1. The molecule has 1 aliphatic rings. The number of benzene rings is 7. The number of hydrogen-bond acceptors (Lipinski definition) is 2. The van der Waals surface area contributed by atoms with Crippen molar-refractivity contribution in [1.29, 1.82) is 5.26 Å². The van der Waals surface area contributed by atoms with Gasteiger partial charge in [0.05, 0.1) is 50.7 Å². The second-order valence-electron chi connectivity index (χ2n) is 15.0. The number of hydrogen-bond donors (Lipinski definition) is 0. The monoisotopic (exact) mass is 760 g/mol. The fourth-order valence-corrected chi connectivity index (χ4v) is 8.99. The zero-order valence-electron chi connectivity index (χ0n) is 31.5. The van der Waals surface area contributed by atoms with Crippen LogP contribution in [0.3, 0.4) is 0 Å². The molecule has 1 atom stereocenters. The number of alkyl halides is 3. The molecule has 0 spiro atoms. The van der Waals surface area contributed by atoms with Crippen LogP contribution < -0.4 is 4.90 Å². The molecular formula is C51H35F3N4. The first-order chi connectivity index (χ1) is 28.2. The van der Waals surface area contributed by atoms with Crippen molar-refractivity contribution < 1.29 is 13.2 Å². The molecule has 4 nitrogen and oxygen atoms in total. The van der Waals surface area contributed by atoms with Crippen LogP contribution in [0.25, 0.3) is 61.3 Å². The summed E-state index contributed by atoms with van der Waals surface area (Å²) in [4.78, 5) is 2.35. The molecule has 58 heavy (non-hydrogen) atoms. The van der Waals surface area contributed by atoms with E-state index < -0.39 is 17.3 Å². The fraction of sp³-hybridized carbons (Fsp3) is 0.0784. The molecule has 7 aromatic carbocycles. The van der Waals surface area contributed by atoms with Crippen molar-refractivity contribution in [1.82, 2.24) is 9.13 Å². The molecule has 7 heteroatoms. The Morgan fingerprint density at radius 2 is 1.09 bits per heavy atom. The Labute approximate surface area is 333 Å². The summed E-state index contributed by atoms with van der Waals surface area (Å²) < 4.78 is 48.5. The molecule has 0 saturated heterocycles. The van der Waals surface area contributed by atoms with Gasteiger partial charge in [0.25, 0.3) is 0 Å². The van der Waals surface area contributed by atoms with Gasteiger partial charge >= 0.3 is 6.18 Å². The summed E-state index contributed by atoms with van der Waals surface area (Å²) in [5.41, 5.74) is 8.01. The van der Waals surface area contributed by atoms with Crippen LogP contribution in [-0.4, -0.2) is 14.7 Å². The van der Waals surface area contributed by atoms with E-state index in [4.69, 9.17) is 0 Å². The highest BCUT2D eigenvalue weighted by Crippen LogP contribution is 2.46. The normalized spacial score (nSPS) is 15.2. The third-order valence-electron chi connectivity index (χ3n) is 11.5. The van der Waals surface area contributed by atoms with E-state index in [1.165, 1.54) is 6.07 Å². The van der Waals surface area contributed by atoms with Crippen LogP contribution in [0.5, 0.6) is 0 Å². The van der Waals surface area contributed by atoms with Gasteiger partial charge in [0.1, 0.15) is 0 Å². The van der Waals surface area contributed by atoms with Crippen molar-refractivity contribution >= 4 is 50.2 Å². The van der Waals surface area contributed by atoms with Gasteiger partial charge in [0.2, 0.25) is 0 Å². The van der Waals surface area contributed by atoms with Gasteiger partial charge in [-0.25, -0.2) is 0 Å². The molecule has 0 aliphatic heterocycles. The number of halogens is 3. The summed E-state index contributed by atoms with van der Waals surface area (Å²) in [6.07, 6.45) is 0.362. The van der Waals surface area contributed by atoms with Gasteiger partial charge in [-0.1, -0.05) is 97.1 Å². The molecule has 10 rings (SSSR count). The van der Waals surface area contributed by atoms with Gasteiger partial charge in [0.15, 0.2) is 0 Å². The zero-order chi connectivity index (χ0) is 39.6. The van der Waals surface area contributed by atoms with Crippen LogP contribution >= 0.6 is 0 Å². The molecule has 0 N–H and O–H groups in total. The Kier molecular flexibility index (Phi) is 8.13. The van der Waals surface area contributed by atoms with Gasteiger partial charge in [-0.15, -0.1) is 0 Å². The van der Waals surface area contributed by atoms with Crippen LogP contribution in [0.2, 0.25) is 0 Å². The molecule has 2 heterocycles. The number of nitrogens with zero attached hydrogens (tertiary/aromatic N) is 4. The Morgan fingerprint density at radius 3 is 1.67 bits per heavy atom. The first kappa shape index (κ1) is 35.1. The van der Waals surface area contributed by atoms with E-state index in [-0.39, 0.29) is 0 Å². The minimum atomic E-state index is -4.61. The van der Waals surface area contributed by atoms with E-state index in [0.29, 0.717) is 34.5 Å². The Bertz CT molecular complexity index is 3020. The number of rotatable bonds is 6. The molecule has 9 aromatic rings. The number of para-hydroxylation sites is 5. The molecule has 1 unspecified atom stereocenters. The third kappa shape index (κ3) is 5.60. The van der Waals surface area contributed by atoms with Crippen LogP contribution in [0.15, 0.2) is 176 Å². The summed E-state index contributed by atoms with van der Waals surface area (Å²) in [6, 6.07) is 56.4. The van der Waals surface area contributed by atoms with E-state index >= 15 is 0 Å². The first-order valence-corrected chi connectivity index (χ1v) is 19.2. The van der Waals surface area contributed by atoms with Crippen molar-refractivity contribution in [3.8, 4) is 28.6 Å². The van der Waals surface area contributed by atoms with Crippen LogP contribution in [0.4, 0.5) is 24.5 Å². The van der Waals surface area contributed by atoms with Crippen molar-refractivity contribution in [3.63, 3.8) is 0 Å². The summed E-state index contributed by atoms with van der Waals surface area (Å²) in [5, 5.41) is 13.3. The number of anilines is 2. The average Bonchev–Trinajstić information content (AvgIpc) is 3.76. The largest absolute Gasteiger partial charge is 0.416 e. The number of aromatic nitrogens is 2. The summed E-state index contributed by atoms with van der Waals surface area (Å²) >= 11 is 0. The lowest BCUT2D eigenvalue weighted by atomic mass is 9.84. The summed E-state index contributed by atoms with van der Waals surface area (Å²) in [7, 11) is 0. The minimum Gasteiger partial charge on any atom is -0.332 e. The molecule has 0 fully saturated rings. The number of nitriles is 1. The summed E-state index contributed by atoms with van der Waals surface area (Å²) in [5.74, 6) is 0. The van der Waals surface area contributed by atoms with Gasteiger partial charge in [0, 0.05) is 50.8 Å². The van der Waals surface area contributed by atoms with Crippen molar-refractivity contribution in [2.24, 2.45) is 0 Å². The molecule has 1 aliphatic carbocycles. The van der Waals surface area contributed by atoms with E-state index in [0.717, 1.165) is 61.4 Å². The van der Waals surface area contributed by atoms with Crippen molar-refractivity contribution in [3.05, 3.63) is 198 Å². The maximum Gasteiger partial charge on any atom is 0.416 e. The predicted molar refractivity (Wildman–Crippen MR) is 229 cm³/mol. The summed E-state index contributed by atoms with van der Waals surface area (Å²) in [6.45, 7) is 2.23. The lowest BCUT2D eigenvalue weighted by molar-refractivity contribution is -0.137. The smallest absolute Gasteiger partial charge is 0.332 e. The highest BCUT2D eigenvalue weighted by molar-refractivity contribution is 6.10. The Balaban J connectivity index is 1.24. The molecule has 0 bridgehead atoms. The third-order valence-corrected chi connectivity index (χ3v) is 11.5. The van der Waals surface area contributed by atoms with Gasteiger partial charge in [-0.2, -0.15) is 18.4 Å². The second kappa shape index (κ2) is 13.4.